The first-order valence-corrected chi connectivity index (χ1v) is 10.6. The van der Waals surface area contributed by atoms with Gasteiger partial charge in [-0.05, 0) is 42.5 Å². The molecule has 30 heavy (non-hydrogen) atoms. The van der Waals surface area contributed by atoms with Crippen LogP contribution in [0.25, 0.3) is 5.82 Å². The Bertz CT molecular complexity index is 924. The molecule has 2 amide bonds. The molecule has 0 aromatic carbocycles. The van der Waals surface area contributed by atoms with Gasteiger partial charge >= 0.3 is 0 Å². The Labute approximate surface area is 173 Å². The van der Waals surface area contributed by atoms with E-state index < -0.39 is 11.5 Å². The van der Waals surface area contributed by atoms with E-state index in [4.69, 9.17) is 0 Å². The fourth-order valence-corrected chi connectivity index (χ4v) is 5.03. The van der Waals surface area contributed by atoms with E-state index >= 15 is 0 Å². The third kappa shape index (κ3) is 3.17. The number of nitrogens with one attached hydrogen (secondary N) is 1. The lowest BCUT2D eigenvalue weighted by atomic mass is 9.71. The number of aliphatic hydroxyl groups is 1. The first-order chi connectivity index (χ1) is 14.6. The zero-order valence-electron chi connectivity index (χ0n) is 16.8. The highest BCUT2D eigenvalue weighted by Gasteiger charge is 2.48. The number of H-pyrrole nitrogens is 1. The lowest BCUT2D eigenvalue weighted by molar-refractivity contribution is -0.147. The zero-order valence-corrected chi connectivity index (χ0v) is 16.8. The summed E-state index contributed by atoms with van der Waals surface area (Å²) in [6, 6.07) is 0. The van der Waals surface area contributed by atoms with Crippen molar-refractivity contribution in [3.63, 3.8) is 0 Å². The topological polar surface area (TPSA) is 133 Å². The maximum atomic E-state index is 13.3. The van der Waals surface area contributed by atoms with Gasteiger partial charge in [-0.15, -0.1) is 5.10 Å². The summed E-state index contributed by atoms with van der Waals surface area (Å²) in [6.45, 7) is 2.13. The quantitative estimate of drug-likeness (QED) is 0.722. The van der Waals surface area contributed by atoms with Crippen LogP contribution in [0.1, 0.15) is 48.9 Å². The van der Waals surface area contributed by atoms with Crippen molar-refractivity contribution in [1.29, 1.82) is 0 Å². The van der Waals surface area contributed by atoms with E-state index in [0.717, 1.165) is 38.6 Å². The number of carbonyl (C=O) groups is 2. The van der Waals surface area contributed by atoms with Gasteiger partial charge in [0.25, 0.3) is 5.91 Å². The van der Waals surface area contributed by atoms with Crippen molar-refractivity contribution in [2.75, 3.05) is 26.2 Å². The van der Waals surface area contributed by atoms with Crippen molar-refractivity contribution >= 4 is 11.8 Å². The van der Waals surface area contributed by atoms with Crippen LogP contribution < -0.4 is 0 Å². The number of hydrogen-bond donors (Lipinski definition) is 2. The van der Waals surface area contributed by atoms with Gasteiger partial charge in [0.1, 0.15) is 11.9 Å². The third-order valence-electron chi connectivity index (χ3n) is 6.97. The number of piperidine rings is 2. The van der Waals surface area contributed by atoms with Crippen LogP contribution in [0.3, 0.4) is 0 Å². The first-order valence-electron chi connectivity index (χ1n) is 10.6. The monoisotopic (exact) mass is 414 g/mol. The van der Waals surface area contributed by atoms with Crippen molar-refractivity contribution in [1.82, 2.24) is 40.2 Å². The highest BCUT2D eigenvalue weighted by molar-refractivity contribution is 5.97. The molecule has 2 aliphatic heterocycles. The Morgan fingerprint density at radius 1 is 1.13 bits per heavy atom. The Kier molecular flexibility index (Phi) is 4.76. The largest absolute Gasteiger partial charge is 0.392 e. The van der Waals surface area contributed by atoms with E-state index in [9.17, 15) is 14.7 Å². The molecule has 0 bridgehead atoms. The van der Waals surface area contributed by atoms with Crippen LogP contribution in [0.4, 0.5) is 0 Å². The third-order valence-corrected chi connectivity index (χ3v) is 6.97. The lowest BCUT2D eigenvalue weighted by Gasteiger charge is -2.51. The number of hydrogen-bond acceptors (Lipinski definition) is 7. The summed E-state index contributed by atoms with van der Waals surface area (Å²) in [5, 5.41) is 28.7. The van der Waals surface area contributed by atoms with Crippen molar-refractivity contribution in [2.24, 2.45) is 11.3 Å². The van der Waals surface area contributed by atoms with Gasteiger partial charge in [-0.25, -0.2) is 0 Å². The van der Waals surface area contributed by atoms with Crippen LogP contribution in [0, 0.1) is 11.3 Å². The fourth-order valence-electron chi connectivity index (χ4n) is 5.03. The molecule has 2 aromatic heterocycles. The normalized spacial score (nSPS) is 27.3. The molecule has 2 aromatic rings. The molecule has 11 nitrogen and oxygen atoms in total. The predicted octanol–water partition coefficient (Wildman–Crippen LogP) is 0.00110. The van der Waals surface area contributed by atoms with Gasteiger partial charge in [-0.1, -0.05) is 6.42 Å². The average Bonchev–Trinajstić information content (AvgIpc) is 3.40. The SMILES string of the molecule is O=C(c1cn[nH]c1-n1cnnn1)N1CC[C@H](O)[C@@]2(CCCN(C(=O)C3CCC3)C2)C1. The van der Waals surface area contributed by atoms with Gasteiger partial charge in [0.2, 0.25) is 5.91 Å². The molecule has 11 heteroatoms. The first kappa shape index (κ1) is 19.2. The number of likely N-dealkylation sites (tertiary alicyclic amines) is 2. The second-order valence-electron chi connectivity index (χ2n) is 8.77. The van der Waals surface area contributed by atoms with Gasteiger partial charge in [0, 0.05) is 37.5 Å². The van der Waals surface area contributed by atoms with Crippen LogP contribution in [0.15, 0.2) is 12.5 Å². The summed E-state index contributed by atoms with van der Waals surface area (Å²) in [5.41, 5.74) is -0.100. The van der Waals surface area contributed by atoms with E-state index in [1.807, 2.05) is 4.90 Å². The summed E-state index contributed by atoms with van der Waals surface area (Å²) >= 11 is 0. The standard InChI is InChI=1S/C19H26N8O3/c28-15-5-8-26(18(30)14-9-20-22-16(14)27-12-21-23-24-27)11-19(15)6-2-7-25(10-19)17(29)13-3-1-4-13/h9,12-13,15,28H,1-8,10-11H2,(H,20,22)/t15-,19+/m0/s1. The van der Waals surface area contributed by atoms with Gasteiger partial charge in [-0.3, -0.25) is 14.7 Å². The van der Waals surface area contributed by atoms with Crippen molar-refractivity contribution in [3.8, 4) is 5.82 Å². The van der Waals surface area contributed by atoms with E-state index in [2.05, 4.69) is 25.7 Å². The smallest absolute Gasteiger partial charge is 0.259 e. The number of carbonyl (C=O) groups excluding carboxylic acids is 2. The molecule has 2 atom stereocenters. The highest BCUT2D eigenvalue weighted by atomic mass is 16.3. The minimum absolute atomic E-state index is 0.142. The molecular weight excluding hydrogens is 388 g/mol. The molecule has 1 saturated carbocycles. The van der Waals surface area contributed by atoms with Crippen LogP contribution in [-0.2, 0) is 4.79 Å². The Balaban J connectivity index is 1.35. The Hall–Kier alpha value is -2.82. The average molecular weight is 414 g/mol. The van der Waals surface area contributed by atoms with Gasteiger partial charge in [0.15, 0.2) is 5.82 Å². The Morgan fingerprint density at radius 2 is 1.97 bits per heavy atom. The van der Waals surface area contributed by atoms with Crippen molar-refractivity contribution in [2.45, 2.75) is 44.6 Å². The van der Waals surface area contributed by atoms with E-state index in [1.165, 1.54) is 17.2 Å². The molecule has 1 spiro atoms. The molecule has 0 unspecified atom stereocenters. The molecule has 4 heterocycles. The van der Waals surface area contributed by atoms with Gasteiger partial charge < -0.3 is 14.9 Å². The lowest BCUT2D eigenvalue weighted by Crippen LogP contribution is -2.61. The number of rotatable bonds is 3. The van der Waals surface area contributed by atoms with Crippen LogP contribution in [0.2, 0.25) is 0 Å². The summed E-state index contributed by atoms with van der Waals surface area (Å²) in [6.07, 6.45) is 7.55. The Morgan fingerprint density at radius 3 is 2.70 bits per heavy atom. The summed E-state index contributed by atoms with van der Waals surface area (Å²) in [4.78, 5) is 29.8. The van der Waals surface area contributed by atoms with E-state index in [1.54, 1.807) is 4.90 Å². The molecule has 160 valence electrons. The maximum absolute atomic E-state index is 13.3. The van der Waals surface area contributed by atoms with Crippen LogP contribution in [-0.4, -0.2) is 89.4 Å². The zero-order chi connectivity index (χ0) is 20.7. The minimum Gasteiger partial charge on any atom is -0.392 e. The molecule has 3 aliphatic rings. The minimum atomic E-state index is -0.526. The van der Waals surface area contributed by atoms with E-state index in [0.29, 0.717) is 37.4 Å². The molecule has 2 saturated heterocycles. The number of nitrogens with zero attached hydrogens (tertiary/aromatic N) is 7. The van der Waals surface area contributed by atoms with Crippen molar-refractivity contribution < 1.29 is 14.7 Å². The predicted molar refractivity (Wildman–Crippen MR) is 103 cm³/mol. The molecule has 2 N–H and O–H groups in total. The van der Waals surface area contributed by atoms with Gasteiger partial charge in [0.05, 0.1) is 12.3 Å². The maximum Gasteiger partial charge on any atom is 0.259 e. The summed E-state index contributed by atoms with van der Waals surface area (Å²) < 4.78 is 1.37. The molecule has 5 rings (SSSR count). The number of aromatic amines is 1. The molecular formula is C19H26N8O3. The second-order valence-corrected chi connectivity index (χ2v) is 8.77. The second kappa shape index (κ2) is 7.46. The number of aliphatic hydroxyl groups excluding tert-OH is 1. The van der Waals surface area contributed by atoms with Crippen molar-refractivity contribution in [3.05, 3.63) is 18.1 Å². The van der Waals surface area contributed by atoms with E-state index in [-0.39, 0.29) is 17.7 Å². The molecule has 1 aliphatic carbocycles. The summed E-state index contributed by atoms with van der Waals surface area (Å²) in [5.74, 6) is 0.591. The molecule has 3 fully saturated rings. The number of amides is 2. The van der Waals surface area contributed by atoms with Crippen LogP contribution >= 0.6 is 0 Å². The van der Waals surface area contributed by atoms with Crippen LogP contribution in [0.5, 0.6) is 0 Å². The van der Waals surface area contributed by atoms with Gasteiger partial charge in [-0.2, -0.15) is 9.78 Å². The summed E-state index contributed by atoms with van der Waals surface area (Å²) in [7, 11) is 0. The molecule has 0 radical (unpaired) electrons. The highest BCUT2D eigenvalue weighted by Crippen LogP contribution is 2.40. The number of tetrazole rings is 1. The number of aromatic nitrogens is 6. The fraction of sp³-hybridized carbons (Fsp3) is 0.684.